The Morgan fingerprint density at radius 2 is 1.92 bits per heavy atom. The lowest BCUT2D eigenvalue weighted by Gasteiger charge is -2.10. The average molecular weight is 375 g/mol. The van der Waals surface area contributed by atoms with Crippen LogP contribution in [0.1, 0.15) is 25.3 Å². The minimum atomic E-state index is -2.12. The molecule has 0 bridgehead atoms. The van der Waals surface area contributed by atoms with E-state index in [-0.39, 0.29) is 25.8 Å². The molecule has 0 radical (unpaired) electrons. The van der Waals surface area contributed by atoms with E-state index in [0.29, 0.717) is 0 Å². The highest BCUT2D eigenvalue weighted by molar-refractivity contribution is 6.15. The predicted octanol–water partition coefficient (Wildman–Crippen LogP) is 2.92. The number of esters is 1. The van der Waals surface area contributed by atoms with Gasteiger partial charge in [-0.3, -0.25) is 4.99 Å². The van der Waals surface area contributed by atoms with Crippen LogP contribution in [-0.4, -0.2) is 42.2 Å². The Kier molecular flexibility index (Phi) is 6.01. The number of nitrogens with zero attached hydrogens (tertiary/aromatic N) is 1. The third-order valence-electron chi connectivity index (χ3n) is 4.05. The van der Waals surface area contributed by atoms with Gasteiger partial charge >= 0.3 is 5.97 Å². The molecule has 1 fully saturated rings. The molecule has 9 heteroatoms. The van der Waals surface area contributed by atoms with Crippen molar-refractivity contribution in [3.05, 3.63) is 40.5 Å². The van der Waals surface area contributed by atoms with Gasteiger partial charge in [0.2, 0.25) is 0 Å². The van der Waals surface area contributed by atoms with Crippen LogP contribution < -0.4 is 0 Å². The van der Waals surface area contributed by atoms with E-state index in [4.69, 9.17) is 4.74 Å². The van der Waals surface area contributed by atoms with Crippen LogP contribution >= 0.6 is 0 Å². The van der Waals surface area contributed by atoms with Gasteiger partial charge in [-0.25, -0.2) is 22.4 Å². The Morgan fingerprint density at radius 1 is 1.27 bits per heavy atom. The summed E-state index contributed by atoms with van der Waals surface area (Å²) < 4.78 is 58.4. The maximum absolute atomic E-state index is 13.9. The Bertz CT molecular complexity index is 773. The Labute approximate surface area is 146 Å². The van der Waals surface area contributed by atoms with E-state index in [9.17, 15) is 32.6 Å². The lowest BCUT2D eigenvalue weighted by molar-refractivity contribution is -0.137. The number of hydrogen-bond donors (Lipinski definition) is 2. The minimum absolute atomic E-state index is 0.0847. The van der Waals surface area contributed by atoms with Gasteiger partial charge in [0.1, 0.15) is 11.3 Å². The minimum Gasteiger partial charge on any atom is -0.506 e. The molecule has 1 saturated carbocycles. The van der Waals surface area contributed by atoms with E-state index in [1.54, 1.807) is 0 Å². The maximum Gasteiger partial charge on any atom is 0.343 e. The highest BCUT2D eigenvalue weighted by Gasteiger charge is 2.41. The number of carbonyl (C=O) groups is 1. The number of hydrogen-bond acceptors (Lipinski definition) is 5. The molecule has 0 aromatic heterocycles. The van der Waals surface area contributed by atoms with Crippen LogP contribution in [0.3, 0.4) is 0 Å². The van der Waals surface area contributed by atoms with Gasteiger partial charge in [-0.15, -0.1) is 0 Å². The van der Waals surface area contributed by atoms with Crippen molar-refractivity contribution in [2.75, 3.05) is 19.8 Å². The fourth-order valence-corrected chi connectivity index (χ4v) is 2.18. The van der Waals surface area contributed by atoms with Crippen LogP contribution in [0.4, 0.5) is 17.6 Å². The molecule has 2 N–H and O–H groups in total. The second-order valence-corrected chi connectivity index (χ2v) is 5.96. The smallest absolute Gasteiger partial charge is 0.343 e. The van der Waals surface area contributed by atoms with Crippen molar-refractivity contribution in [1.82, 2.24) is 0 Å². The number of benzene rings is 1. The topological polar surface area (TPSA) is 79.1 Å². The number of aliphatic hydroxyl groups is 2. The van der Waals surface area contributed by atoms with E-state index < -0.39 is 51.5 Å². The van der Waals surface area contributed by atoms with Crippen LogP contribution in [0, 0.1) is 28.7 Å². The van der Waals surface area contributed by atoms with Crippen molar-refractivity contribution in [3.63, 3.8) is 0 Å². The Morgan fingerprint density at radius 3 is 2.46 bits per heavy atom. The molecule has 1 aromatic carbocycles. The molecule has 0 saturated heterocycles. The molecule has 2 rings (SSSR count). The van der Waals surface area contributed by atoms with Crippen LogP contribution in [0.15, 0.2) is 16.6 Å². The normalized spacial score (nSPS) is 16.5. The van der Waals surface area contributed by atoms with Crippen molar-refractivity contribution in [2.45, 2.75) is 19.8 Å². The zero-order valence-electron chi connectivity index (χ0n) is 13.9. The molecule has 0 amide bonds. The highest BCUT2D eigenvalue weighted by Crippen LogP contribution is 2.45. The first-order valence-corrected chi connectivity index (χ1v) is 7.80. The van der Waals surface area contributed by atoms with Crippen molar-refractivity contribution in [2.24, 2.45) is 10.4 Å². The third-order valence-corrected chi connectivity index (χ3v) is 4.05. The first-order chi connectivity index (χ1) is 12.3. The number of aliphatic hydroxyl groups excluding tert-OH is 2. The Balaban J connectivity index is 2.45. The van der Waals surface area contributed by atoms with Gasteiger partial charge in [-0.2, -0.15) is 0 Å². The van der Waals surface area contributed by atoms with E-state index in [1.807, 2.05) is 0 Å². The van der Waals surface area contributed by atoms with Crippen molar-refractivity contribution in [1.29, 1.82) is 0 Å². The van der Waals surface area contributed by atoms with Crippen LogP contribution in [0.5, 0.6) is 0 Å². The van der Waals surface area contributed by atoms with Crippen molar-refractivity contribution < 1.29 is 37.3 Å². The molecule has 0 atom stereocenters. The molecule has 1 aromatic rings. The summed E-state index contributed by atoms with van der Waals surface area (Å²) in [6.45, 7) is 1.41. The van der Waals surface area contributed by atoms with Gasteiger partial charge in [0, 0.05) is 18.2 Å². The molecular weight excluding hydrogens is 358 g/mol. The lowest BCUT2D eigenvalue weighted by atomic mass is 10.1. The number of rotatable bonds is 7. The number of ether oxygens (including phenoxy) is 1. The van der Waals surface area contributed by atoms with Crippen molar-refractivity contribution >= 4 is 17.9 Å². The molecular formula is C17H17F4NO4. The molecule has 0 unspecified atom stereocenters. The van der Waals surface area contributed by atoms with E-state index in [0.717, 1.165) is 19.1 Å². The monoisotopic (exact) mass is 375 g/mol. The standard InChI is InChI=1S/C17H17F4NO4/c1-2-26-16(25)10(6-22-7-17(8-23)3-4-17)15(24)9-5-11(18)13(20)14(21)12(9)19/h5-6,23-24H,2-4,7-8H2,1H3/b15-10-,22-6?. The largest absolute Gasteiger partial charge is 0.506 e. The summed E-state index contributed by atoms with van der Waals surface area (Å²) in [6.07, 6.45) is 2.34. The van der Waals surface area contributed by atoms with E-state index >= 15 is 0 Å². The summed E-state index contributed by atoms with van der Waals surface area (Å²) in [5, 5.41) is 19.4. The molecule has 0 aliphatic heterocycles. The first-order valence-electron chi connectivity index (χ1n) is 7.80. The van der Waals surface area contributed by atoms with Crippen molar-refractivity contribution in [3.8, 4) is 0 Å². The van der Waals surface area contributed by atoms with Crippen LogP contribution in [-0.2, 0) is 9.53 Å². The summed E-state index contributed by atoms with van der Waals surface area (Å²) in [5.41, 5.74) is -2.09. The van der Waals surface area contributed by atoms with Gasteiger partial charge in [0.15, 0.2) is 23.3 Å². The molecule has 0 heterocycles. The molecule has 0 spiro atoms. The fourth-order valence-electron chi connectivity index (χ4n) is 2.18. The first kappa shape index (κ1) is 19.9. The molecule has 142 valence electrons. The summed E-state index contributed by atoms with van der Waals surface area (Å²) in [7, 11) is 0. The number of aliphatic imine (C=N–C) groups is 1. The summed E-state index contributed by atoms with van der Waals surface area (Å²) in [5.74, 6) is -10.00. The SMILES string of the molecule is CCOC(=O)/C(C=NCC1(CO)CC1)=C(\O)c1cc(F)c(F)c(F)c1F. The van der Waals surface area contributed by atoms with E-state index in [2.05, 4.69) is 4.99 Å². The van der Waals surface area contributed by atoms with Gasteiger partial charge in [0.25, 0.3) is 0 Å². The van der Waals surface area contributed by atoms with Crippen LogP contribution in [0.2, 0.25) is 0 Å². The second kappa shape index (κ2) is 7.86. The van der Waals surface area contributed by atoms with Gasteiger partial charge < -0.3 is 14.9 Å². The number of carbonyl (C=O) groups excluding carboxylic acids is 1. The van der Waals surface area contributed by atoms with Crippen LogP contribution in [0.25, 0.3) is 5.76 Å². The number of halogens is 4. The quantitative estimate of drug-likeness (QED) is 0.146. The maximum atomic E-state index is 13.9. The zero-order chi connectivity index (χ0) is 19.5. The molecule has 1 aliphatic carbocycles. The molecule has 26 heavy (non-hydrogen) atoms. The molecule has 5 nitrogen and oxygen atoms in total. The summed E-state index contributed by atoms with van der Waals surface area (Å²) in [6, 6.07) is 0.228. The third kappa shape index (κ3) is 4.04. The predicted molar refractivity (Wildman–Crippen MR) is 84.6 cm³/mol. The average Bonchev–Trinajstić information content (AvgIpc) is 3.40. The highest BCUT2D eigenvalue weighted by atomic mass is 19.2. The molecule has 1 aliphatic rings. The summed E-state index contributed by atoms with van der Waals surface area (Å²) >= 11 is 0. The second-order valence-electron chi connectivity index (χ2n) is 5.96. The van der Waals surface area contributed by atoms with Gasteiger partial charge in [-0.05, 0) is 25.8 Å². The lowest BCUT2D eigenvalue weighted by Crippen LogP contribution is -2.14. The van der Waals surface area contributed by atoms with Gasteiger partial charge in [0.05, 0.1) is 18.8 Å². The zero-order valence-corrected chi connectivity index (χ0v) is 13.9. The summed E-state index contributed by atoms with van der Waals surface area (Å²) in [4.78, 5) is 15.9. The van der Waals surface area contributed by atoms with Gasteiger partial charge in [-0.1, -0.05) is 0 Å². The fraction of sp³-hybridized carbons (Fsp3) is 0.412. The Hall–Kier alpha value is -2.42. The van der Waals surface area contributed by atoms with E-state index in [1.165, 1.54) is 6.92 Å².